The van der Waals surface area contributed by atoms with Gasteiger partial charge >= 0.3 is 0 Å². The lowest BCUT2D eigenvalue weighted by atomic mass is 9.85. The Hall–Kier alpha value is -4.42. The fourth-order valence-electron chi connectivity index (χ4n) is 7.47. The smallest absolute Gasteiger partial charge is 0.237 e. The number of amides is 2. The molecule has 3 aromatic rings. The molecular weight excluding hydrogens is 582 g/mol. The Balaban J connectivity index is 0.872. The average Bonchev–Trinajstić information content (AvgIpc) is 3.89. The average molecular weight is 622 g/mol. The molecule has 12 nitrogen and oxygen atoms in total. The fourth-order valence-corrected chi connectivity index (χ4v) is 7.47. The van der Waals surface area contributed by atoms with Gasteiger partial charge in [0.1, 0.15) is 17.8 Å². The lowest BCUT2D eigenvalue weighted by Crippen LogP contribution is -2.43. The van der Waals surface area contributed by atoms with E-state index in [9.17, 15) is 9.59 Å². The Morgan fingerprint density at radius 1 is 0.978 bits per heavy atom. The van der Waals surface area contributed by atoms with Gasteiger partial charge in [-0.2, -0.15) is 5.10 Å². The first kappa shape index (κ1) is 29.0. The van der Waals surface area contributed by atoms with Crippen molar-refractivity contribution in [2.75, 3.05) is 70.5 Å². The van der Waals surface area contributed by atoms with Crippen molar-refractivity contribution >= 4 is 29.0 Å². The number of fused-ring (bicyclic) bond motifs is 1. The van der Waals surface area contributed by atoms with Gasteiger partial charge in [0.05, 0.1) is 31.7 Å². The Bertz CT molecular complexity index is 1730. The van der Waals surface area contributed by atoms with Crippen LogP contribution in [-0.4, -0.2) is 118 Å². The second-order valence-electron chi connectivity index (χ2n) is 13.0. The number of nitrogens with zero attached hydrogens (tertiary/aromatic N) is 9. The van der Waals surface area contributed by atoms with Gasteiger partial charge in [-0.25, -0.2) is 9.97 Å². The number of likely N-dealkylation sites (tertiary alicyclic amines) is 1. The molecule has 7 heterocycles. The summed E-state index contributed by atoms with van der Waals surface area (Å²) in [6, 6.07) is 12.4. The second-order valence-corrected chi connectivity index (χ2v) is 13.0. The summed E-state index contributed by atoms with van der Waals surface area (Å²) in [5.41, 5.74) is 4.96. The molecule has 0 radical (unpaired) electrons. The predicted molar refractivity (Wildman–Crippen MR) is 173 cm³/mol. The number of amidine groups is 1. The molecule has 3 fully saturated rings. The van der Waals surface area contributed by atoms with Crippen LogP contribution in [0.25, 0.3) is 17.0 Å². The topological polar surface area (TPSA) is 112 Å². The zero-order valence-electron chi connectivity index (χ0n) is 26.3. The van der Waals surface area contributed by atoms with Crippen molar-refractivity contribution in [3.05, 3.63) is 65.6 Å². The third kappa shape index (κ3) is 5.28. The van der Waals surface area contributed by atoms with Crippen LogP contribution in [0.3, 0.4) is 0 Å². The molecule has 2 amide bonds. The molecule has 2 aromatic heterocycles. The van der Waals surface area contributed by atoms with E-state index in [1.165, 1.54) is 11.1 Å². The maximum Gasteiger partial charge on any atom is 0.237 e. The van der Waals surface area contributed by atoms with E-state index in [0.29, 0.717) is 64.1 Å². The molecular formula is C34H39N9O3. The highest BCUT2D eigenvalue weighted by molar-refractivity contribution is 6.03. The normalized spacial score (nSPS) is 23.3. The van der Waals surface area contributed by atoms with E-state index in [2.05, 4.69) is 56.3 Å². The van der Waals surface area contributed by atoms with Gasteiger partial charge in [-0.05, 0) is 43.0 Å². The van der Waals surface area contributed by atoms with Crippen LogP contribution in [0.15, 0.2) is 53.8 Å². The number of hydrogen-bond donors (Lipinski definition) is 0. The predicted octanol–water partition coefficient (Wildman–Crippen LogP) is 2.21. The van der Waals surface area contributed by atoms with E-state index in [1.54, 1.807) is 11.0 Å². The second kappa shape index (κ2) is 11.7. The molecule has 0 bridgehead atoms. The van der Waals surface area contributed by atoms with Gasteiger partial charge < -0.3 is 14.5 Å². The van der Waals surface area contributed by atoms with Crippen molar-refractivity contribution in [1.82, 2.24) is 34.4 Å². The van der Waals surface area contributed by atoms with Gasteiger partial charge in [0.15, 0.2) is 11.7 Å². The van der Waals surface area contributed by atoms with Crippen LogP contribution in [0.5, 0.6) is 0 Å². The highest BCUT2D eigenvalue weighted by Crippen LogP contribution is 2.42. The minimum Gasteiger partial charge on any atom is -0.378 e. The molecule has 0 aliphatic carbocycles. The standard InChI is InChI=1S/C34H39N9O3/c1-39-23-36-31(38-39)26-4-2-24(3-5-26)25-8-12-41(13-9-25)29(44)21-40-14-10-34(22-40)11-15-43(33(34)45)28-7-6-27-20-35-32(30(27)37-28)42-16-18-46-19-17-42/h2-8,23H,9-22H2,1H3/t34-/m0/s1. The molecule has 5 aliphatic heterocycles. The van der Waals surface area contributed by atoms with Crippen LogP contribution in [-0.2, 0) is 27.9 Å². The van der Waals surface area contributed by atoms with Crippen molar-refractivity contribution in [3.63, 3.8) is 0 Å². The van der Waals surface area contributed by atoms with E-state index in [1.807, 2.05) is 22.9 Å². The Labute approximate surface area is 268 Å². The van der Waals surface area contributed by atoms with Gasteiger partial charge in [0.2, 0.25) is 11.8 Å². The van der Waals surface area contributed by atoms with Crippen LogP contribution in [0.1, 0.15) is 36.1 Å². The van der Waals surface area contributed by atoms with E-state index >= 15 is 0 Å². The largest absolute Gasteiger partial charge is 0.378 e. The van der Waals surface area contributed by atoms with Crippen molar-refractivity contribution in [1.29, 1.82) is 0 Å². The van der Waals surface area contributed by atoms with E-state index < -0.39 is 5.41 Å². The molecule has 1 spiro atoms. The Morgan fingerprint density at radius 2 is 1.78 bits per heavy atom. The number of morpholine rings is 1. The van der Waals surface area contributed by atoms with Gasteiger partial charge in [0.25, 0.3) is 0 Å². The fraction of sp³-hybridized carbons (Fsp3) is 0.471. The molecule has 0 saturated carbocycles. The number of benzene rings is 1. The summed E-state index contributed by atoms with van der Waals surface area (Å²) in [7, 11) is 1.86. The third-order valence-corrected chi connectivity index (χ3v) is 10.1. The first-order valence-electron chi connectivity index (χ1n) is 16.3. The molecule has 5 aliphatic rings. The molecule has 1 aromatic carbocycles. The van der Waals surface area contributed by atoms with Crippen LogP contribution in [0.2, 0.25) is 0 Å². The summed E-state index contributed by atoms with van der Waals surface area (Å²) in [6.07, 6.45) is 6.24. The van der Waals surface area contributed by atoms with Crippen LogP contribution in [0.4, 0.5) is 5.82 Å². The number of aromatic nitrogens is 4. The number of aliphatic imine (C=N–C) groups is 1. The molecule has 0 unspecified atom stereocenters. The van der Waals surface area contributed by atoms with Crippen molar-refractivity contribution < 1.29 is 14.3 Å². The molecule has 0 N–H and O–H groups in total. The van der Waals surface area contributed by atoms with Gasteiger partial charge in [-0.1, -0.05) is 36.4 Å². The van der Waals surface area contributed by atoms with Gasteiger partial charge in [-0.15, -0.1) is 0 Å². The number of ether oxygens (including phenoxy) is 1. The number of carbonyl (C=O) groups is 2. The molecule has 1 atom stereocenters. The summed E-state index contributed by atoms with van der Waals surface area (Å²) in [5.74, 6) is 2.60. The number of rotatable bonds is 5. The van der Waals surface area contributed by atoms with Gasteiger partial charge in [0, 0.05) is 57.4 Å². The van der Waals surface area contributed by atoms with Crippen LogP contribution < -0.4 is 4.90 Å². The first-order valence-corrected chi connectivity index (χ1v) is 16.3. The molecule has 238 valence electrons. The van der Waals surface area contributed by atoms with E-state index in [-0.39, 0.29) is 11.8 Å². The van der Waals surface area contributed by atoms with Crippen LogP contribution >= 0.6 is 0 Å². The quantitative estimate of drug-likeness (QED) is 0.427. The summed E-state index contributed by atoms with van der Waals surface area (Å²) in [5, 5.41) is 4.38. The summed E-state index contributed by atoms with van der Waals surface area (Å²) < 4.78 is 7.22. The summed E-state index contributed by atoms with van der Waals surface area (Å²) >= 11 is 0. The highest BCUT2D eigenvalue weighted by Gasteiger charge is 2.51. The molecule has 46 heavy (non-hydrogen) atoms. The number of aryl methyl sites for hydroxylation is 1. The molecule has 8 rings (SSSR count). The van der Waals surface area contributed by atoms with Crippen molar-refractivity contribution in [3.8, 4) is 11.4 Å². The number of anilines is 1. The van der Waals surface area contributed by atoms with E-state index in [4.69, 9.17) is 14.7 Å². The van der Waals surface area contributed by atoms with E-state index in [0.717, 1.165) is 61.6 Å². The van der Waals surface area contributed by atoms with Crippen LogP contribution in [0, 0.1) is 5.41 Å². The Morgan fingerprint density at radius 3 is 2.54 bits per heavy atom. The monoisotopic (exact) mass is 621 g/mol. The highest BCUT2D eigenvalue weighted by atomic mass is 16.5. The number of carbonyl (C=O) groups excluding carboxylic acids is 2. The third-order valence-electron chi connectivity index (χ3n) is 10.1. The maximum atomic E-state index is 13.9. The van der Waals surface area contributed by atoms with Crippen molar-refractivity contribution in [2.45, 2.75) is 25.8 Å². The van der Waals surface area contributed by atoms with Crippen molar-refractivity contribution in [2.24, 2.45) is 17.5 Å². The zero-order chi connectivity index (χ0) is 31.3. The zero-order valence-corrected chi connectivity index (χ0v) is 26.3. The minimum atomic E-state index is -0.450. The lowest BCUT2D eigenvalue weighted by Gasteiger charge is -2.29. The molecule has 12 heteroatoms. The summed E-state index contributed by atoms with van der Waals surface area (Å²) in [4.78, 5) is 49.5. The SMILES string of the molecule is Cn1cnc(-c2ccc(C3=CCN(C(=O)CN4CC[C@]5(CCN(c6ccc7c(n6)C(N6CCOCC6)=NC7)C5=O)C4)CC3)cc2)n1. The first-order chi connectivity index (χ1) is 22.5. The lowest BCUT2D eigenvalue weighted by molar-refractivity contribution is -0.132. The minimum absolute atomic E-state index is 0.126. The molecule has 3 saturated heterocycles. The number of hydrogen-bond acceptors (Lipinski definition) is 9. The number of pyridine rings is 1. The Kier molecular flexibility index (Phi) is 7.41. The van der Waals surface area contributed by atoms with Gasteiger partial charge in [-0.3, -0.25) is 29.1 Å². The summed E-state index contributed by atoms with van der Waals surface area (Å²) in [6.45, 7) is 7.28. The maximum absolute atomic E-state index is 13.9.